The van der Waals surface area contributed by atoms with Crippen LogP contribution in [0, 0.1) is 5.92 Å². The Balaban J connectivity index is 1.92. The van der Waals surface area contributed by atoms with Crippen LogP contribution in [0.5, 0.6) is 0 Å². The van der Waals surface area contributed by atoms with Gasteiger partial charge in [0.2, 0.25) is 0 Å². The summed E-state index contributed by atoms with van der Waals surface area (Å²) in [4.78, 5) is 4.34. The SMILES string of the molecule is CCCCC(CC)CNCc1cncc2ccccc12. The van der Waals surface area contributed by atoms with Crippen LogP contribution in [-0.4, -0.2) is 11.5 Å². The number of hydrogen-bond acceptors (Lipinski definition) is 2. The number of fused-ring (bicyclic) bond motifs is 1. The molecule has 0 fully saturated rings. The Bertz CT molecular complexity index is 516. The molecule has 1 aromatic carbocycles. The largest absolute Gasteiger partial charge is 0.312 e. The number of pyridine rings is 1. The highest BCUT2D eigenvalue weighted by molar-refractivity contribution is 5.84. The third-order valence-electron chi connectivity index (χ3n) is 4.04. The summed E-state index contributed by atoms with van der Waals surface area (Å²) >= 11 is 0. The van der Waals surface area contributed by atoms with Gasteiger partial charge in [-0.05, 0) is 29.8 Å². The molecule has 0 amide bonds. The number of nitrogens with zero attached hydrogens (tertiary/aromatic N) is 1. The van der Waals surface area contributed by atoms with Gasteiger partial charge in [-0.1, -0.05) is 57.4 Å². The summed E-state index contributed by atoms with van der Waals surface area (Å²) < 4.78 is 0. The molecule has 1 unspecified atom stereocenters. The van der Waals surface area contributed by atoms with E-state index >= 15 is 0 Å². The van der Waals surface area contributed by atoms with Crippen molar-refractivity contribution in [3.63, 3.8) is 0 Å². The van der Waals surface area contributed by atoms with Gasteiger partial charge in [-0.3, -0.25) is 4.98 Å². The minimum absolute atomic E-state index is 0.804. The van der Waals surface area contributed by atoms with Gasteiger partial charge in [0.1, 0.15) is 0 Å². The fraction of sp³-hybridized carbons (Fsp3) is 0.500. The Labute approximate surface area is 122 Å². The van der Waals surface area contributed by atoms with Crippen molar-refractivity contribution in [2.75, 3.05) is 6.54 Å². The van der Waals surface area contributed by atoms with Crippen molar-refractivity contribution >= 4 is 10.8 Å². The van der Waals surface area contributed by atoms with Gasteiger partial charge in [-0.15, -0.1) is 0 Å². The van der Waals surface area contributed by atoms with Crippen LogP contribution in [0.1, 0.15) is 45.1 Å². The van der Waals surface area contributed by atoms with Crippen LogP contribution in [0.25, 0.3) is 10.8 Å². The third-order valence-corrected chi connectivity index (χ3v) is 4.04. The van der Waals surface area contributed by atoms with Crippen molar-refractivity contribution in [2.45, 2.75) is 46.1 Å². The van der Waals surface area contributed by atoms with Gasteiger partial charge in [-0.25, -0.2) is 0 Å². The smallest absolute Gasteiger partial charge is 0.0346 e. The monoisotopic (exact) mass is 270 g/mol. The van der Waals surface area contributed by atoms with E-state index in [1.807, 2.05) is 12.4 Å². The fourth-order valence-electron chi connectivity index (χ4n) is 2.67. The van der Waals surface area contributed by atoms with Crippen molar-refractivity contribution in [1.29, 1.82) is 0 Å². The van der Waals surface area contributed by atoms with E-state index in [1.54, 1.807) is 0 Å². The second-order valence-corrected chi connectivity index (χ2v) is 5.57. The second kappa shape index (κ2) is 8.01. The highest BCUT2D eigenvalue weighted by Gasteiger charge is 2.06. The van der Waals surface area contributed by atoms with Gasteiger partial charge in [0.25, 0.3) is 0 Å². The average molecular weight is 270 g/mol. The van der Waals surface area contributed by atoms with E-state index in [0.29, 0.717) is 0 Å². The van der Waals surface area contributed by atoms with Crippen LogP contribution in [0.2, 0.25) is 0 Å². The third kappa shape index (κ3) is 4.04. The van der Waals surface area contributed by atoms with E-state index in [4.69, 9.17) is 0 Å². The lowest BCUT2D eigenvalue weighted by Gasteiger charge is -2.15. The first kappa shape index (κ1) is 15.0. The number of aromatic nitrogens is 1. The molecule has 2 rings (SSSR count). The van der Waals surface area contributed by atoms with Crippen LogP contribution >= 0.6 is 0 Å². The summed E-state index contributed by atoms with van der Waals surface area (Å²) in [6, 6.07) is 8.48. The first-order valence-electron chi connectivity index (χ1n) is 7.87. The lowest BCUT2D eigenvalue weighted by atomic mass is 9.99. The van der Waals surface area contributed by atoms with Crippen molar-refractivity contribution < 1.29 is 0 Å². The molecule has 0 aliphatic carbocycles. The van der Waals surface area contributed by atoms with Crippen LogP contribution < -0.4 is 5.32 Å². The van der Waals surface area contributed by atoms with Crippen molar-refractivity contribution in [1.82, 2.24) is 10.3 Å². The maximum atomic E-state index is 4.34. The molecular formula is C18H26N2. The molecule has 0 radical (unpaired) electrons. The maximum absolute atomic E-state index is 4.34. The second-order valence-electron chi connectivity index (χ2n) is 5.57. The predicted molar refractivity (Wildman–Crippen MR) is 86.8 cm³/mol. The summed E-state index contributed by atoms with van der Waals surface area (Å²) in [7, 11) is 0. The van der Waals surface area contributed by atoms with Gasteiger partial charge in [0, 0.05) is 24.3 Å². The first-order chi connectivity index (χ1) is 9.85. The Kier molecular flexibility index (Phi) is 6.00. The molecule has 108 valence electrons. The molecule has 2 heteroatoms. The zero-order chi connectivity index (χ0) is 14.2. The molecule has 0 saturated heterocycles. The van der Waals surface area contributed by atoms with Gasteiger partial charge in [0.05, 0.1) is 0 Å². The van der Waals surface area contributed by atoms with Crippen LogP contribution in [0.15, 0.2) is 36.7 Å². The molecule has 2 aromatic rings. The van der Waals surface area contributed by atoms with E-state index in [-0.39, 0.29) is 0 Å². The quantitative estimate of drug-likeness (QED) is 0.761. The van der Waals surface area contributed by atoms with Gasteiger partial charge >= 0.3 is 0 Å². The lowest BCUT2D eigenvalue weighted by molar-refractivity contribution is 0.419. The molecular weight excluding hydrogens is 244 g/mol. The highest BCUT2D eigenvalue weighted by Crippen LogP contribution is 2.17. The standard InChI is InChI=1S/C18H26N2/c1-3-5-8-15(4-2)11-19-13-17-14-20-12-16-9-6-7-10-18(16)17/h6-7,9-10,12,14-15,19H,3-5,8,11,13H2,1-2H3. The van der Waals surface area contributed by atoms with Crippen LogP contribution in [0.4, 0.5) is 0 Å². The van der Waals surface area contributed by atoms with Crippen molar-refractivity contribution in [3.05, 3.63) is 42.2 Å². The molecule has 20 heavy (non-hydrogen) atoms. The number of hydrogen-bond donors (Lipinski definition) is 1. The van der Waals surface area contributed by atoms with Gasteiger partial charge in [-0.2, -0.15) is 0 Å². The Morgan fingerprint density at radius 2 is 2.00 bits per heavy atom. The number of benzene rings is 1. The average Bonchev–Trinajstić information content (AvgIpc) is 2.51. The Morgan fingerprint density at radius 3 is 2.80 bits per heavy atom. The van der Waals surface area contributed by atoms with Crippen LogP contribution in [-0.2, 0) is 6.54 Å². The summed E-state index contributed by atoms with van der Waals surface area (Å²) in [5, 5.41) is 6.16. The topological polar surface area (TPSA) is 24.9 Å². The molecule has 1 atom stereocenters. The number of nitrogens with one attached hydrogen (secondary N) is 1. The number of rotatable bonds is 8. The zero-order valence-electron chi connectivity index (χ0n) is 12.7. The molecule has 0 saturated carbocycles. The van der Waals surface area contributed by atoms with E-state index < -0.39 is 0 Å². The molecule has 0 aliphatic rings. The predicted octanol–water partition coefficient (Wildman–Crippen LogP) is 4.54. The summed E-state index contributed by atoms with van der Waals surface area (Å²) in [5.74, 6) is 0.804. The lowest BCUT2D eigenvalue weighted by Crippen LogP contribution is -2.22. The molecule has 2 nitrogen and oxygen atoms in total. The Hall–Kier alpha value is -1.41. The minimum Gasteiger partial charge on any atom is -0.312 e. The van der Waals surface area contributed by atoms with Gasteiger partial charge in [0.15, 0.2) is 0 Å². The van der Waals surface area contributed by atoms with E-state index in [0.717, 1.165) is 19.0 Å². The van der Waals surface area contributed by atoms with E-state index in [1.165, 1.54) is 42.0 Å². The van der Waals surface area contributed by atoms with E-state index in [2.05, 4.69) is 48.4 Å². The minimum atomic E-state index is 0.804. The highest BCUT2D eigenvalue weighted by atomic mass is 14.9. The molecule has 0 aliphatic heterocycles. The number of unbranched alkanes of at least 4 members (excludes halogenated alkanes) is 1. The normalized spacial score (nSPS) is 12.7. The summed E-state index contributed by atoms with van der Waals surface area (Å²) in [5.41, 5.74) is 1.30. The molecule has 1 heterocycles. The van der Waals surface area contributed by atoms with Crippen molar-refractivity contribution in [2.24, 2.45) is 5.92 Å². The van der Waals surface area contributed by atoms with Gasteiger partial charge < -0.3 is 5.32 Å². The molecule has 0 bridgehead atoms. The van der Waals surface area contributed by atoms with Crippen molar-refractivity contribution in [3.8, 4) is 0 Å². The maximum Gasteiger partial charge on any atom is 0.0346 e. The van der Waals surface area contributed by atoms with E-state index in [9.17, 15) is 0 Å². The van der Waals surface area contributed by atoms with Crippen LogP contribution in [0.3, 0.4) is 0 Å². The summed E-state index contributed by atoms with van der Waals surface area (Å²) in [6.45, 7) is 6.58. The molecule has 1 N–H and O–H groups in total. The zero-order valence-corrected chi connectivity index (χ0v) is 12.7. The first-order valence-corrected chi connectivity index (χ1v) is 7.87. The Morgan fingerprint density at radius 1 is 1.15 bits per heavy atom. The molecule has 1 aromatic heterocycles. The summed E-state index contributed by atoms with van der Waals surface area (Å²) in [6.07, 6.45) is 9.17. The fourth-order valence-corrected chi connectivity index (χ4v) is 2.67. The molecule has 0 spiro atoms.